The third-order valence-electron chi connectivity index (χ3n) is 2.31. The summed E-state index contributed by atoms with van der Waals surface area (Å²) in [7, 11) is 0. The van der Waals surface area contributed by atoms with Crippen LogP contribution >= 0.6 is 0 Å². The average Bonchev–Trinajstić information content (AvgIpc) is 2.78. The highest BCUT2D eigenvalue weighted by molar-refractivity contribution is 5.68. The summed E-state index contributed by atoms with van der Waals surface area (Å²) >= 11 is 0. The summed E-state index contributed by atoms with van der Waals surface area (Å²) in [6.45, 7) is 16.2. The molecule has 1 fully saturated rings. The third kappa shape index (κ3) is 11.8. The molecule has 5 nitrogen and oxygen atoms in total. The average molecular weight is 289 g/mol. The van der Waals surface area contributed by atoms with Gasteiger partial charge in [0.2, 0.25) is 0 Å². The quantitative estimate of drug-likeness (QED) is 0.730. The molecule has 0 spiro atoms. The van der Waals surface area contributed by atoms with E-state index in [4.69, 9.17) is 4.74 Å². The number of hydrogen-bond acceptors (Lipinski definition) is 4. The van der Waals surface area contributed by atoms with Gasteiger partial charge in [-0.05, 0) is 40.0 Å². The minimum atomic E-state index is -0.372. The van der Waals surface area contributed by atoms with Crippen molar-refractivity contribution in [3.05, 3.63) is 0 Å². The number of carbonyl (C=O) groups is 2. The number of hydrogen-bond donors (Lipinski definition) is 0. The van der Waals surface area contributed by atoms with E-state index in [0.717, 1.165) is 19.5 Å². The molecule has 0 saturated carbocycles. The maximum Gasteiger partial charge on any atom is 0.410 e. The van der Waals surface area contributed by atoms with E-state index in [2.05, 4.69) is 11.7 Å². The second kappa shape index (κ2) is 11.6. The molecule has 1 atom stereocenters. The third-order valence-corrected chi connectivity index (χ3v) is 2.31. The molecule has 0 aliphatic carbocycles. The van der Waals surface area contributed by atoms with Crippen molar-refractivity contribution in [2.75, 3.05) is 19.7 Å². The number of nitrogens with zero attached hydrogens (tertiary/aromatic N) is 1. The second-order valence-corrected chi connectivity index (χ2v) is 5.37. The maximum absolute atomic E-state index is 11.5. The van der Waals surface area contributed by atoms with E-state index in [1.807, 2.05) is 34.6 Å². The second-order valence-electron chi connectivity index (χ2n) is 5.37. The van der Waals surface area contributed by atoms with Crippen molar-refractivity contribution in [2.24, 2.45) is 5.92 Å². The molecule has 5 heteroatoms. The largest absolute Gasteiger partial charge is 0.468 e. The predicted molar refractivity (Wildman–Crippen MR) is 80.6 cm³/mol. The highest BCUT2D eigenvalue weighted by Gasteiger charge is 2.27. The fourth-order valence-electron chi connectivity index (χ4n) is 1.50. The van der Waals surface area contributed by atoms with Crippen LogP contribution in [0.1, 0.15) is 54.9 Å². The van der Waals surface area contributed by atoms with Crippen molar-refractivity contribution in [1.29, 1.82) is 0 Å². The Morgan fingerprint density at radius 1 is 1.35 bits per heavy atom. The standard InChI is InChI=1S/C10H19NO2.C3H6O2.C2H6/c1-8-5-6-11(7-8)9(12)13-10(2,3)4;1-2-5-3-4;1-2/h8H,5-7H2,1-4H3;3H,2H2,1H3;1-2H3. The Labute approximate surface area is 123 Å². The lowest BCUT2D eigenvalue weighted by Crippen LogP contribution is -2.35. The molecule has 0 radical (unpaired) electrons. The van der Waals surface area contributed by atoms with Gasteiger partial charge in [-0.15, -0.1) is 0 Å². The summed E-state index contributed by atoms with van der Waals surface area (Å²) in [5, 5.41) is 0. The van der Waals surface area contributed by atoms with Crippen LogP contribution < -0.4 is 0 Å². The van der Waals surface area contributed by atoms with Crippen LogP contribution in [-0.4, -0.2) is 42.8 Å². The van der Waals surface area contributed by atoms with Crippen LogP contribution in [0.3, 0.4) is 0 Å². The van der Waals surface area contributed by atoms with Gasteiger partial charge < -0.3 is 14.4 Å². The van der Waals surface area contributed by atoms with Gasteiger partial charge in [-0.1, -0.05) is 20.8 Å². The Morgan fingerprint density at radius 2 is 1.90 bits per heavy atom. The lowest BCUT2D eigenvalue weighted by molar-refractivity contribution is -0.128. The molecule has 120 valence electrons. The van der Waals surface area contributed by atoms with Gasteiger partial charge in [-0.25, -0.2) is 4.79 Å². The smallest absolute Gasteiger partial charge is 0.410 e. The highest BCUT2D eigenvalue weighted by Crippen LogP contribution is 2.18. The van der Waals surface area contributed by atoms with Crippen molar-refractivity contribution in [1.82, 2.24) is 4.90 Å². The van der Waals surface area contributed by atoms with Crippen LogP contribution in [-0.2, 0) is 14.3 Å². The number of amides is 1. The Bertz CT molecular complexity index is 261. The van der Waals surface area contributed by atoms with Crippen LogP contribution in [0, 0.1) is 5.92 Å². The Kier molecular flexibility index (Phi) is 12.2. The molecule has 1 heterocycles. The van der Waals surface area contributed by atoms with E-state index < -0.39 is 0 Å². The summed E-state index contributed by atoms with van der Waals surface area (Å²) in [6.07, 6.45) is 0.927. The minimum Gasteiger partial charge on any atom is -0.468 e. The van der Waals surface area contributed by atoms with Gasteiger partial charge in [-0.3, -0.25) is 4.79 Å². The van der Waals surface area contributed by atoms with Gasteiger partial charge in [0, 0.05) is 13.1 Å². The molecular formula is C15H31NO4. The van der Waals surface area contributed by atoms with Gasteiger partial charge >= 0.3 is 6.09 Å². The summed E-state index contributed by atoms with van der Waals surface area (Å²) in [4.78, 5) is 22.5. The van der Waals surface area contributed by atoms with E-state index in [0.29, 0.717) is 19.0 Å². The van der Waals surface area contributed by atoms with E-state index in [-0.39, 0.29) is 11.7 Å². The fraction of sp³-hybridized carbons (Fsp3) is 0.867. The molecule has 0 aromatic rings. The normalized spacial score (nSPS) is 17.1. The Hall–Kier alpha value is -1.26. The van der Waals surface area contributed by atoms with Crippen molar-refractivity contribution in [2.45, 2.75) is 60.5 Å². The molecular weight excluding hydrogens is 258 g/mol. The lowest BCUT2D eigenvalue weighted by atomic mass is 10.2. The molecule has 1 aliphatic rings. The first-order valence-corrected chi connectivity index (χ1v) is 7.33. The zero-order valence-corrected chi connectivity index (χ0v) is 14.1. The fourth-order valence-corrected chi connectivity index (χ4v) is 1.50. The molecule has 1 amide bonds. The molecule has 0 bridgehead atoms. The van der Waals surface area contributed by atoms with E-state index in [9.17, 15) is 9.59 Å². The van der Waals surface area contributed by atoms with Gasteiger partial charge in [0.1, 0.15) is 5.60 Å². The van der Waals surface area contributed by atoms with Crippen molar-refractivity contribution < 1.29 is 19.1 Å². The summed E-state index contributed by atoms with van der Waals surface area (Å²) < 4.78 is 9.41. The van der Waals surface area contributed by atoms with Crippen LogP contribution in [0.5, 0.6) is 0 Å². The summed E-state index contributed by atoms with van der Waals surface area (Å²) in [5.41, 5.74) is -0.372. The molecule has 20 heavy (non-hydrogen) atoms. The maximum atomic E-state index is 11.5. The van der Waals surface area contributed by atoms with Crippen LogP contribution in [0.25, 0.3) is 0 Å². The Morgan fingerprint density at radius 3 is 2.15 bits per heavy atom. The van der Waals surface area contributed by atoms with Gasteiger partial charge in [-0.2, -0.15) is 0 Å². The highest BCUT2D eigenvalue weighted by atomic mass is 16.6. The molecule has 1 saturated heterocycles. The molecule has 1 rings (SSSR count). The predicted octanol–water partition coefficient (Wildman–Crippen LogP) is 3.47. The van der Waals surface area contributed by atoms with E-state index in [1.54, 1.807) is 11.8 Å². The monoisotopic (exact) mass is 289 g/mol. The lowest BCUT2D eigenvalue weighted by Gasteiger charge is -2.24. The first-order valence-electron chi connectivity index (χ1n) is 7.33. The zero-order chi connectivity index (χ0) is 16.2. The van der Waals surface area contributed by atoms with Gasteiger partial charge in [0.15, 0.2) is 0 Å². The molecule has 0 aromatic heterocycles. The SMILES string of the molecule is CC.CC1CCN(C(=O)OC(C)(C)C)C1.CCOC=O. The van der Waals surface area contributed by atoms with Crippen LogP contribution in [0.4, 0.5) is 4.79 Å². The summed E-state index contributed by atoms with van der Waals surface area (Å²) in [6, 6.07) is 0. The van der Waals surface area contributed by atoms with Crippen LogP contribution in [0.15, 0.2) is 0 Å². The molecule has 1 aliphatic heterocycles. The molecule has 0 N–H and O–H groups in total. The zero-order valence-electron chi connectivity index (χ0n) is 14.1. The Balaban J connectivity index is 0. The number of ether oxygens (including phenoxy) is 2. The van der Waals surface area contributed by atoms with Gasteiger partial charge in [0.25, 0.3) is 6.47 Å². The number of carbonyl (C=O) groups excluding carboxylic acids is 2. The summed E-state index contributed by atoms with van der Waals surface area (Å²) in [5.74, 6) is 0.618. The van der Waals surface area contributed by atoms with Gasteiger partial charge in [0.05, 0.1) is 6.61 Å². The molecule has 0 aromatic carbocycles. The molecule has 1 unspecified atom stereocenters. The van der Waals surface area contributed by atoms with Crippen molar-refractivity contribution in [3.8, 4) is 0 Å². The van der Waals surface area contributed by atoms with E-state index in [1.165, 1.54) is 0 Å². The van der Waals surface area contributed by atoms with E-state index >= 15 is 0 Å². The van der Waals surface area contributed by atoms with Crippen molar-refractivity contribution in [3.63, 3.8) is 0 Å². The number of rotatable bonds is 2. The van der Waals surface area contributed by atoms with Crippen LogP contribution in [0.2, 0.25) is 0 Å². The topological polar surface area (TPSA) is 55.8 Å². The minimum absolute atomic E-state index is 0.170. The first kappa shape index (κ1) is 21.0. The number of likely N-dealkylation sites (tertiary alicyclic amines) is 1. The first-order chi connectivity index (χ1) is 9.30. The van der Waals surface area contributed by atoms with Crippen molar-refractivity contribution >= 4 is 12.6 Å².